The summed E-state index contributed by atoms with van der Waals surface area (Å²) in [6, 6.07) is 3.88. The fourth-order valence-electron chi connectivity index (χ4n) is 2.08. The van der Waals surface area contributed by atoms with Crippen LogP contribution in [0.2, 0.25) is 5.15 Å². The average Bonchev–Trinajstić information content (AvgIpc) is 2.32. The van der Waals surface area contributed by atoms with Crippen LogP contribution in [0.3, 0.4) is 0 Å². The molecule has 0 unspecified atom stereocenters. The normalized spacial score (nSPS) is 24.4. The number of nitrogens with zero attached hydrogens (tertiary/aromatic N) is 1. The molecule has 4 nitrogen and oxygen atoms in total. The predicted octanol–water partition coefficient (Wildman–Crippen LogP) is 1.73. The molecule has 3 N–H and O–H groups in total. The van der Waals surface area contributed by atoms with E-state index in [1.807, 2.05) is 0 Å². The second-order valence-electron chi connectivity index (χ2n) is 4.43. The fraction of sp³-hybridized carbons (Fsp3) is 0.500. The van der Waals surface area contributed by atoms with Gasteiger partial charge in [0.25, 0.3) is 5.91 Å². The van der Waals surface area contributed by atoms with E-state index >= 15 is 0 Å². The van der Waals surface area contributed by atoms with Crippen LogP contribution < -0.4 is 11.1 Å². The van der Waals surface area contributed by atoms with Crippen molar-refractivity contribution in [3.63, 3.8) is 0 Å². The lowest BCUT2D eigenvalue weighted by molar-refractivity contribution is 0.0925. The molecule has 0 spiro atoms. The number of nitrogens with two attached hydrogens (primary N) is 1. The average molecular weight is 254 g/mol. The van der Waals surface area contributed by atoms with Gasteiger partial charge in [-0.1, -0.05) is 11.6 Å². The SMILES string of the molecule is NC1CCC(NC(=O)c2cccnc2Cl)CC1. The molecule has 0 atom stereocenters. The van der Waals surface area contributed by atoms with E-state index in [0.717, 1.165) is 25.7 Å². The van der Waals surface area contributed by atoms with Crippen molar-refractivity contribution < 1.29 is 4.79 Å². The van der Waals surface area contributed by atoms with Crippen LogP contribution in [0, 0.1) is 0 Å². The summed E-state index contributed by atoms with van der Waals surface area (Å²) in [5.74, 6) is -0.149. The molecule has 0 bridgehead atoms. The van der Waals surface area contributed by atoms with Crippen molar-refractivity contribution in [3.8, 4) is 0 Å². The largest absolute Gasteiger partial charge is 0.349 e. The maximum atomic E-state index is 11.9. The summed E-state index contributed by atoms with van der Waals surface area (Å²) in [6.45, 7) is 0. The summed E-state index contributed by atoms with van der Waals surface area (Å²) in [4.78, 5) is 15.8. The third-order valence-electron chi connectivity index (χ3n) is 3.11. The van der Waals surface area contributed by atoms with Crippen molar-refractivity contribution in [1.82, 2.24) is 10.3 Å². The highest BCUT2D eigenvalue weighted by Gasteiger charge is 2.21. The highest BCUT2D eigenvalue weighted by Crippen LogP contribution is 2.18. The highest BCUT2D eigenvalue weighted by molar-refractivity contribution is 6.32. The first kappa shape index (κ1) is 12.3. The number of amides is 1. The molecule has 5 heteroatoms. The minimum Gasteiger partial charge on any atom is -0.349 e. The summed E-state index contributed by atoms with van der Waals surface area (Å²) in [5, 5.41) is 3.23. The van der Waals surface area contributed by atoms with Crippen LogP contribution in [0.25, 0.3) is 0 Å². The molecule has 1 amide bonds. The van der Waals surface area contributed by atoms with Crippen molar-refractivity contribution in [3.05, 3.63) is 29.0 Å². The Labute approximate surface area is 106 Å². The molecule has 0 saturated heterocycles. The van der Waals surface area contributed by atoms with Crippen molar-refractivity contribution in [2.24, 2.45) is 5.73 Å². The number of halogens is 1. The number of nitrogens with one attached hydrogen (secondary N) is 1. The smallest absolute Gasteiger partial charge is 0.254 e. The number of hydrogen-bond donors (Lipinski definition) is 2. The number of pyridine rings is 1. The quantitative estimate of drug-likeness (QED) is 0.789. The highest BCUT2D eigenvalue weighted by atomic mass is 35.5. The third-order valence-corrected chi connectivity index (χ3v) is 3.41. The Morgan fingerprint density at radius 3 is 2.76 bits per heavy atom. The first-order valence-electron chi connectivity index (χ1n) is 5.84. The maximum Gasteiger partial charge on any atom is 0.254 e. The van der Waals surface area contributed by atoms with Gasteiger partial charge in [-0.15, -0.1) is 0 Å². The Kier molecular flexibility index (Phi) is 3.97. The molecular formula is C12H16ClN3O. The van der Waals surface area contributed by atoms with Gasteiger partial charge in [0.05, 0.1) is 5.56 Å². The lowest BCUT2D eigenvalue weighted by Crippen LogP contribution is -2.40. The number of aromatic nitrogens is 1. The zero-order valence-electron chi connectivity index (χ0n) is 9.53. The molecule has 1 aromatic rings. The Balaban J connectivity index is 1.96. The minimum atomic E-state index is -0.149. The Bertz CT molecular complexity index is 402. The molecule has 1 aromatic heterocycles. The molecule has 1 aliphatic carbocycles. The molecule has 2 rings (SSSR count). The van der Waals surface area contributed by atoms with Gasteiger partial charge in [0.2, 0.25) is 0 Å². The fourth-order valence-corrected chi connectivity index (χ4v) is 2.29. The predicted molar refractivity (Wildman–Crippen MR) is 66.9 cm³/mol. The summed E-state index contributed by atoms with van der Waals surface area (Å²) in [7, 11) is 0. The summed E-state index contributed by atoms with van der Waals surface area (Å²) in [6.07, 6.45) is 5.37. The number of rotatable bonds is 2. The van der Waals surface area contributed by atoms with E-state index in [0.29, 0.717) is 5.56 Å². The van der Waals surface area contributed by atoms with E-state index in [1.165, 1.54) is 0 Å². The minimum absolute atomic E-state index is 0.149. The van der Waals surface area contributed by atoms with Crippen LogP contribution in [0.15, 0.2) is 18.3 Å². The molecular weight excluding hydrogens is 238 g/mol. The molecule has 0 aromatic carbocycles. The van der Waals surface area contributed by atoms with E-state index in [1.54, 1.807) is 18.3 Å². The van der Waals surface area contributed by atoms with Gasteiger partial charge >= 0.3 is 0 Å². The van der Waals surface area contributed by atoms with Gasteiger partial charge in [0.15, 0.2) is 0 Å². The van der Waals surface area contributed by atoms with E-state index in [4.69, 9.17) is 17.3 Å². The lowest BCUT2D eigenvalue weighted by atomic mass is 9.92. The van der Waals surface area contributed by atoms with E-state index in [-0.39, 0.29) is 23.1 Å². The van der Waals surface area contributed by atoms with Crippen LogP contribution in [0.4, 0.5) is 0 Å². The number of hydrogen-bond acceptors (Lipinski definition) is 3. The van der Waals surface area contributed by atoms with E-state index in [9.17, 15) is 4.79 Å². The Hall–Kier alpha value is -1.13. The Morgan fingerprint density at radius 2 is 2.12 bits per heavy atom. The topological polar surface area (TPSA) is 68.0 Å². The van der Waals surface area contributed by atoms with Crippen molar-refractivity contribution in [2.75, 3.05) is 0 Å². The zero-order valence-corrected chi connectivity index (χ0v) is 10.3. The van der Waals surface area contributed by atoms with Crippen molar-refractivity contribution in [1.29, 1.82) is 0 Å². The summed E-state index contributed by atoms with van der Waals surface area (Å²) in [5.41, 5.74) is 6.25. The van der Waals surface area contributed by atoms with Crippen molar-refractivity contribution in [2.45, 2.75) is 37.8 Å². The number of carbonyl (C=O) groups is 1. The lowest BCUT2D eigenvalue weighted by Gasteiger charge is -2.26. The molecule has 1 aliphatic rings. The van der Waals surface area contributed by atoms with E-state index in [2.05, 4.69) is 10.3 Å². The second-order valence-corrected chi connectivity index (χ2v) is 4.78. The second kappa shape index (κ2) is 5.47. The summed E-state index contributed by atoms with van der Waals surface area (Å²) >= 11 is 5.87. The number of carbonyl (C=O) groups excluding carboxylic acids is 1. The van der Waals surface area contributed by atoms with E-state index < -0.39 is 0 Å². The van der Waals surface area contributed by atoms with Crippen LogP contribution in [0.5, 0.6) is 0 Å². The zero-order chi connectivity index (χ0) is 12.3. The first-order chi connectivity index (χ1) is 8.16. The van der Waals surface area contributed by atoms with Gasteiger partial charge < -0.3 is 11.1 Å². The van der Waals surface area contributed by atoms with Gasteiger partial charge in [0.1, 0.15) is 5.15 Å². The molecule has 1 heterocycles. The van der Waals surface area contributed by atoms with Crippen LogP contribution >= 0.6 is 11.6 Å². The molecule has 17 heavy (non-hydrogen) atoms. The van der Waals surface area contributed by atoms with Crippen LogP contribution in [-0.4, -0.2) is 23.0 Å². The van der Waals surface area contributed by atoms with Crippen LogP contribution in [0.1, 0.15) is 36.0 Å². The molecule has 1 saturated carbocycles. The first-order valence-corrected chi connectivity index (χ1v) is 6.21. The molecule has 0 radical (unpaired) electrons. The molecule has 0 aliphatic heterocycles. The van der Waals surface area contributed by atoms with Gasteiger partial charge in [-0.3, -0.25) is 4.79 Å². The maximum absolute atomic E-state index is 11.9. The van der Waals surface area contributed by atoms with Gasteiger partial charge in [-0.25, -0.2) is 4.98 Å². The van der Waals surface area contributed by atoms with Gasteiger partial charge in [0, 0.05) is 18.3 Å². The summed E-state index contributed by atoms with van der Waals surface area (Å²) < 4.78 is 0. The Morgan fingerprint density at radius 1 is 1.41 bits per heavy atom. The third kappa shape index (κ3) is 3.17. The standard InChI is InChI=1S/C12H16ClN3O/c13-11-10(2-1-7-15-11)12(17)16-9-5-3-8(14)4-6-9/h1-2,7-9H,3-6,14H2,(H,16,17). The molecule has 92 valence electrons. The van der Waals surface area contributed by atoms with Gasteiger partial charge in [-0.2, -0.15) is 0 Å². The van der Waals surface area contributed by atoms with Crippen LogP contribution in [-0.2, 0) is 0 Å². The van der Waals surface area contributed by atoms with Gasteiger partial charge in [-0.05, 0) is 37.8 Å². The van der Waals surface area contributed by atoms with Crippen molar-refractivity contribution >= 4 is 17.5 Å². The molecule has 1 fully saturated rings. The monoisotopic (exact) mass is 253 g/mol.